The minimum Gasteiger partial charge on any atom is -0.355 e. The van der Waals surface area contributed by atoms with Gasteiger partial charge in [-0.25, -0.2) is 19.9 Å². The largest absolute Gasteiger partial charge is 0.355 e. The number of rotatable bonds is 16. The van der Waals surface area contributed by atoms with Crippen LogP contribution in [0, 0.1) is 35.5 Å². The molecular weight excluding hydrogens is 1050 g/mol. The quantitative estimate of drug-likeness (QED) is 0.0723. The molecule has 0 aromatic carbocycles. The standard InChI is InChI=1S/C78H90N8/c1-17-45-49(21-5)67-41-71-53(25-9)57(29-13)75(83-71)61(76-58(30-14)54(26-10)72(84-76)42-68-50(22-6)46(18-2)64(80-68)39-63(45)79-67)37-35-33-34-36-38-62-77-59(31-15)55(27-11)73(85-77)43-69-51(23-7)47(19-3)65(81-69)40-66-48(20-4)52(24-8)70(82-66)44-74-56(28-12)60(32-16)78(62)86-74/h39-44,79-81,86H,17-32H2,1-16H3. The van der Waals surface area contributed by atoms with E-state index >= 15 is 0 Å². The van der Waals surface area contributed by atoms with Gasteiger partial charge in [-0.2, -0.15) is 0 Å². The fourth-order valence-electron chi connectivity index (χ4n) is 14.9. The van der Waals surface area contributed by atoms with Gasteiger partial charge in [0.2, 0.25) is 0 Å². The summed E-state index contributed by atoms with van der Waals surface area (Å²) < 4.78 is 0. The molecule has 6 aromatic rings. The second kappa shape index (κ2) is 26.2. The third kappa shape index (κ3) is 10.5. The van der Waals surface area contributed by atoms with Crippen LogP contribution in [0.4, 0.5) is 0 Å². The second-order valence-corrected chi connectivity index (χ2v) is 22.9. The first-order chi connectivity index (χ1) is 41.9. The van der Waals surface area contributed by atoms with E-state index in [0.29, 0.717) is 0 Å². The fourth-order valence-corrected chi connectivity index (χ4v) is 14.9. The van der Waals surface area contributed by atoms with Crippen molar-refractivity contribution in [3.8, 4) is 35.5 Å². The molecule has 0 atom stereocenters. The lowest BCUT2D eigenvalue weighted by atomic mass is 9.94. The Morgan fingerprint density at radius 3 is 0.791 bits per heavy atom. The number of aryl methyl sites for hydroxylation is 8. The van der Waals surface area contributed by atoms with Gasteiger partial charge in [-0.3, -0.25) is 0 Å². The van der Waals surface area contributed by atoms with Crippen LogP contribution in [0.25, 0.3) is 88.7 Å². The number of aromatic amines is 4. The smallest absolute Gasteiger partial charge is 0.0851 e. The van der Waals surface area contributed by atoms with Crippen molar-refractivity contribution in [3.63, 3.8) is 0 Å². The van der Waals surface area contributed by atoms with Crippen molar-refractivity contribution in [1.29, 1.82) is 0 Å². The lowest BCUT2D eigenvalue weighted by molar-refractivity contribution is 1.07. The number of hydrogen-bond acceptors (Lipinski definition) is 4. The molecule has 4 aliphatic heterocycles. The predicted molar refractivity (Wildman–Crippen MR) is 368 cm³/mol. The van der Waals surface area contributed by atoms with Crippen LogP contribution in [0.1, 0.15) is 263 Å². The topological polar surface area (TPSA) is 115 Å². The van der Waals surface area contributed by atoms with Gasteiger partial charge in [0.1, 0.15) is 0 Å². The first-order valence-electron chi connectivity index (χ1n) is 33.0. The molecule has 0 radical (unpaired) electrons. The summed E-state index contributed by atoms with van der Waals surface area (Å²) >= 11 is 0. The van der Waals surface area contributed by atoms with Crippen molar-refractivity contribution in [3.05, 3.63) is 138 Å². The van der Waals surface area contributed by atoms with Crippen LogP contribution in [-0.2, 0) is 51.4 Å². The van der Waals surface area contributed by atoms with Gasteiger partial charge in [0.05, 0.1) is 62.2 Å². The Morgan fingerprint density at radius 2 is 0.488 bits per heavy atom. The van der Waals surface area contributed by atoms with E-state index in [1.54, 1.807) is 0 Å². The molecule has 6 aromatic heterocycles. The molecule has 8 heteroatoms. The van der Waals surface area contributed by atoms with Gasteiger partial charge in [0, 0.05) is 38.6 Å². The molecule has 0 saturated heterocycles. The number of nitrogens with one attached hydrogen (secondary N) is 4. The Balaban J connectivity index is 1.28. The van der Waals surface area contributed by atoms with E-state index in [9.17, 15) is 0 Å². The first-order valence-corrected chi connectivity index (χ1v) is 33.0. The molecule has 442 valence electrons. The molecule has 16 bridgehead atoms. The number of fused-ring (bicyclic) bond motifs is 16. The molecule has 8 nitrogen and oxygen atoms in total. The Morgan fingerprint density at radius 1 is 0.244 bits per heavy atom. The Labute approximate surface area is 512 Å². The van der Waals surface area contributed by atoms with Gasteiger partial charge in [-0.05, 0) is 264 Å². The Hall–Kier alpha value is -8.12. The van der Waals surface area contributed by atoms with Crippen molar-refractivity contribution < 1.29 is 0 Å². The molecule has 4 N–H and O–H groups in total. The van der Waals surface area contributed by atoms with Crippen LogP contribution in [0.5, 0.6) is 0 Å². The lowest BCUT2D eigenvalue weighted by Gasteiger charge is -2.08. The van der Waals surface area contributed by atoms with Crippen LogP contribution < -0.4 is 0 Å². The number of hydrogen-bond donors (Lipinski definition) is 4. The summed E-state index contributed by atoms with van der Waals surface area (Å²) in [4.78, 5) is 38.1. The van der Waals surface area contributed by atoms with Crippen molar-refractivity contribution in [2.75, 3.05) is 0 Å². The van der Waals surface area contributed by atoms with E-state index in [-0.39, 0.29) is 0 Å². The fraction of sp³-hybridized carbons (Fsp3) is 0.410. The molecule has 4 aliphatic rings. The van der Waals surface area contributed by atoms with Gasteiger partial charge in [-0.1, -0.05) is 111 Å². The number of aromatic nitrogens is 8. The molecule has 10 heterocycles. The van der Waals surface area contributed by atoms with Crippen LogP contribution in [0.15, 0.2) is 36.4 Å². The zero-order chi connectivity index (χ0) is 61.1. The number of nitrogens with zero attached hydrogens (tertiary/aromatic N) is 4. The van der Waals surface area contributed by atoms with Crippen molar-refractivity contribution in [1.82, 2.24) is 39.9 Å². The molecule has 0 saturated carbocycles. The minimum atomic E-state index is 0.803. The van der Waals surface area contributed by atoms with E-state index in [4.69, 9.17) is 19.9 Å². The number of allylic oxidation sites excluding steroid dienone is 8. The highest BCUT2D eigenvalue weighted by atomic mass is 14.8. The average molecular weight is 1140 g/mol. The first kappa shape index (κ1) is 61.0. The highest BCUT2D eigenvalue weighted by Gasteiger charge is 2.29. The SMILES string of the molecule is CCC1=C(CC)c2cc3[nH]c(c(C#CC#CC#Cc4c5nc(cc6[nH]c(cc7[nH]c(cc8nc4C(CC)=C8CC)c(CC)c7CC)c(CC)c6CC)C(CC)=C5CC)c4nc(cc5[nH]c(cc1n2)c(CC)c5CC)C(CC)=C4CC)c(CC)c3CC. The zero-order valence-corrected chi connectivity index (χ0v) is 54.6. The molecule has 0 aliphatic carbocycles. The average Bonchev–Trinajstić information content (AvgIpc) is 2.13. The van der Waals surface area contributed by atoms with Crippen molar-refractivity contribution in [2.45, 2.75) is 214 Å². The molecular formula is C78H90N8. The van der Waals surface area contributed by atoms with Gasteiger partial charge in [-0.15, -0.1) is 0 Å². The normalized spacial score (nSPS) is 13.2. The zero-order valence-electron chi connectivity index (χ0n) is 54.6. The maximum absolute atomic E-state index is 5.65. The van der Waals surface area contributed by atoms with E-state index in [1.165, 1.54) is 89.1 Å². The van der Waals surface area contributed by atoms with E-state index in [2.05, 4.69) is 203 Å². The molecule has 0 amide bonds. The van der Waals surface area contributed by atoms with E-state index in [0.717, 1.165) is 204 Å². The second-order valence-electron chi connectivity index (χ2n) is 22.9. The highest BCUT2D eigenvalue weighted by Crippen LogP contribution is 2.44. The van der Waals surface area contributed by atoms with E-state index < -0.39 is 0 Å². The highest BCUT2D eigenvalue weighted by molar-refractivity contribution is 6.00. The molecule has 10 rings (SSSR count). The Kier molecular flexibility index (Phi) is 18.6. The Bertz CT molecular complexity index is 4300. The van der Waals surface area contributed by atoms with Gasteiger partial charge < -0.3 is 19.9 Å². The molecule has 0 spiro atoms. The van der Waals surface area contributed by atoms with Gasteiger partial charge in [0.25, 0.3) is 0 Å². The summed E-state index contributed by atoms with van der Waals surface area (Å²) in [6.07, 6.45) is 13.9. The molecule has 86 heavy (non-hydrogen) atoms. The third-order valence-electron chi connectivity index (χ3n) is 18.8. The summed E-state index contributed by atoms with van der Waals surface area (Å²) in [5.41, 5.74) is 38.9. The summed E-state index contributed by atoms with van der Waals surface area (Å²) in [6.45, 7) is 36.2. The van der Waals surface area contributed by atoms with Crippen LogP contribution >= 0.6 is 0 Å². The van der Waals surface area contributed by atoms with Crippen LogP contribution in [-0.4, -0.2) is 39.9 Å². The van der Waals surface area contributed by atoms with Crippen LogP contribution in [0.2, 0.25) is 0 Å². The predicted octanol–water partition coefficient (Wildman–Crippen LogP) is 19.8. The van der Waals surface area contributed by atoms with E-state index in [1.807, 2.05) is 0 Å². The van der Waals surface area contributed by atoms with Gasteiger partial charge >= 0.3 is 0 Å². The molecule has 0 fully saturated rings. The maximum Gasteiger partial charge on any atom is 0.0851 e. The summed E-state index contributed by atoms with van der Waals surface area (Å²) in [6, 6.07) is 13.9. The summed E-state index contributed by atoms with van der Waals surface area (Å²) in [5, 5.41) is 0. The monoisotopic (exact) mass is 1140 g/mol. The number of H-pyrrole nitrogens is 4. The summed E-state index contributed by atoms with van der Waals surface area (Å²) in [5.74, 6) is 20.6. The lowest BCUT2D eigenvalue weighted by Crippen LogP contribution is -1.95. The maximum atomic E-state index is 5.65. The van der Waals surface area contributed by atoms with Gasteiger partial charge in [0.15, 0.2) is 0 Å². The van der Waals surface area contributed by atoms with Crippen molar-refractivity contribution >= 4 is 88.7 Å². The van der Waals surface area contributed by atoms with Crippen molar-refractivity contribution in [2.24, 2.45) is 0 Å². The minimum absolute atomic E-state index is 0.803. The third-order valence-corrected chi connectivity index (χ3v) is 18.8. The summed E-state index contributed by atoms with van der Waals surface area (Å²) in [7, 11) is 0. The molecule has 0 unspecified atom stereocenters. The van der Waals surface area contributed by atoms with Crippen LogP contribution in [0.3, 0.4) is 0 Å².